The van der Waals surface area contributed by atoms with Gasteiger partial charge in [0.2, 0.25) is 0 Å². The Hall–Kier alpha value is -1.75. The van der Waals surface area contributed by atoms with Gasteiger partial charge in [-0.05, 0) is 24.5 Å². The topological polar surface area (TPSA) is 103 Å². The highest BCUT2D eigenvalue weighted by molar-refractivity contribution is 7.91. The molecule has 0 aliphatic rings. The Bertz CT molecular complexity index is 655. The summed E-state index contributed by atoms with van der Waals surface area (Å²) in [5.41, 5.74) is 5.97. The van der Waals surface area contributed by atoms with Crippen molar-refractivity contribution in [2.75, 3.05) is 0 Å². The molecule has 2 atom stereocenters. The summed E-state index contributed by atoms with van der Waals surface area (Å²) in [6.07, 6.45) is 0.444. The van der Waals surface area contributed by atoms with E-state index >= 15 is 0 Å². The molecule has 0 saturated carbocycles. The summed E-state index contributed by atoms with van der Waals surface area (Å²) in [7, 11) is -3.37. The Labute approximate surface area is 119 Å². The van der Waals surface area contributed by atoms with E-state index in [1.165, 1.54) is 12.1 Å². The number of rotatable bonds is 4. The number of carbonyl (C=O) groups excluding carboxylic acids is 1. The van der Waals surface area contributed by atoms with Crippen molar-refractivity contribution < 1.29 is 9.00 Å². The van der Waals surface area contributed by atoms with Gasteiger partial charge in [0, 0.05) is 0 Å². The van der Waals surface area contributed by atoms with Crippen molar-refractivity contribution in [1.82, 2.24) is 0 Å². The van der Waals surface area contributed by atoms with Crippen molar-refractivity contribution in [3.8, 4) is 0 Å². The lowest BCUT2D eigenvalue weighted by Gasteiger charge is -2.11. The van der Waals surface area contributed by atoms with E-state index in [1.54, 1.807) is 12.1 Å². The summed E-state index contributed by atoms with van der Waals surface area (Å²) in [4.78, 5) is 15.2. The molecule has 0 bridgehead atoms. The van der Waals surface area contributed by atoms with E-state index in [0.717, 1.165) is 0 Å². The molecular formula is C13H18N4O2S. The van der Waals surface area contributed by atoms with Gasteiger partial charge in [-0.25, -0.2) is 14.2 Å². The van der Waals surface area contributed by atoms with Crippen molar-refractivity contribution in [2.24, 2.45) is 21.2 Å². The molecule has 0 radical (unpaired) electrons. The predicted molar refractivity (Wildman–Crippen MR) is 78.2 cm³/mol. The van der Waals surface area contributed by atoms with Crippen LogP contribution in [-0.4, -0.2) is 16.2 Å². The molecule has 4 N–H and O–H groups in total. The van der Waals surface area contributed by atoms with E-state index < -0.39 is 21.9 Å². The fourth-order valence-corrected chi connectivity index (χ4v) is 2.67. The lowest BCUT2D eigenvalue weighted by atomic mass is 10.0. The van der Waals surface area contributed by atoms with E-state index in [0.29, 0.717) is 6.42 Å². The Kier molecular flexibility index (Phi) is 5.39. The summed E-state index contributed by atoms with van der Waals surface area (Å²) >= 11 is 0. The lowest BCUT2D eigenvalue weighted by Crippen LogP contribution is -2.32. The van der Waals surface area contributed by atoms with Crippen LogP contribution in [0.3, 0.4) is 0 Å². The molecule has 0 spiro atoms. The summed E-state index contributed by atoms with van der Waals surface area (Å²) in [5.74, 6) is -0.456. The van der Waals surface area contributed by atoms with Crippen LogP contribution in [0.5, 0.6) is 0 Å². The monoisotopic (exact) mass is 294 g/mol. The fourth-order valence-electron chi connectivity index (χ4n) is 1.60. The molecule has 1 aromatic rings. The second kappa shape index (κ2) is 6.61. The zero-order valence-corrected chi connectivity index (χ0v) is 12.3. The fraction of sp³-hybridized carbons (Fsp3) is 0.385. The van der Waals surface area contributed by atoms with E-state index in [9.17, 15) is 9.00 Å². The van der Waals surface area contributed by atoms with Crippen LogP contribution >= 0.6 is 0 Å². The number of benzene rings is 1. The van der Waals surface area contributed by atoms with Crippen molar-refractivity contribution in [1.29, 1.82) is 0 Å². The highest BCUT2D eigenvalue weighted by Gasteiger charge is 2.17. The first-order valence-corrected chi connectivity index (χ1v) is 7.66. The summed E-state index contributed by atoms with van der Waals surface area (Å²) < 4.78 is 15.8. The number of nitrogens with zero attached hydrogens (tertiary/aromatic N) is 2. The molecule has 1 rings (SSSR count). The van der Waals surface area contributed by atoms with Crippen LogP contribution in [0.1, 0.15) is 20.3 Å². The molecule has 1 amide bonds. The van der Waals surface area contributed by atoms with Gasteiger partial charge in [0.1, 0.15) is 9.92 Å². The van der Waals surface area contributed by atoms with Crippen molar-refractivity contribution in [3.05, 3.63) is 35.7 Å². The molecule has 0 aromatic heterocycles. The molecule has 1 unspecified atom stereocenters. The minimum atomic E-state index is -3.37. The van der Waals surface area contributed by atoms with Crippen molar-refractivity contribution >= 4 is 21.5 Å². The SMILES string of the molecule is [C-]#[N+]c1cccc(S(N)(=O)=NC(=O)[C@@H](N)CC(C)C)c1. The largest absolute Gasteiger partial charge is 0.320 e. The van der Waals surface area contributed by atoms with Crippen LogP contribution in [0.15, 0.2) is 33.5 Å². The minimum absolute atomic E-state index is 0.149. The molecule has 0 aliphatic heterocycles. The van der Waals surface area contributed by atoms with Crippen LogP contribution in [0.4, 0.5) is 5.69 Å². The van der Waals surface area contributed by atoms with Gasteiger partial charge < -0.3 is 5.73 Å². The summed E-state index contributed by atoms with van der Waals surface area (Å²) in [6, 6.07) is 5.12. The zero-order valence-electron chi connectivity index (χ0n) is 11.4. The molecule has 0 saturated heterocycles. The molecule has 20 heavy (non-hydrogen) atoms. The number of nitrogens with two attached hydrogens (primary N) is 2. The smallest absolute Gasteiger partial charge is 0.271 e. The van der Waals surface area contributed by atoms with Gasteiger partial charge in [0.25, 0.3) is 5.91 Å². The third-order valence-corrected chi connectivity index (χ3v) is 3.93. The third kappa shape index (κ3) is 4.42. The molecule has 108 valence electrons. The first kappa shape index (κ1) is 16.3. The normalized spacial score (nSPS) is 15.2. The number of carbonyl (C=O) groups is 1. The average molecular weight is 294 g/mol. The highest BCUT2D eigenvalue weighted by atomic mass is 32.2. The lowest BCUT2D eigenvalue weighted by molar-refractivity contribution is -0.119. The van der Waals surface area contributed by atoms with Gasteiger partial charge in [0.15, 0.2) is 5.69 Å². The first-order valence-electron chi connectivity index (χ1n) is 6.08. The molecular weight excluding hydrogens is 276 g/mol. The van der Waals surface area contributed by atoms with E-state index in [4.69, 9.17) is 17.4 Å². The standard InChI is InChI=1S/C13H18N4O2S/c1-9(2)7-12(14)13(18)17-20(15,19)11-6-4-5-10(8-11)16-3/h4-6,8-9,12H,7,14H2,1-2H3,(H2,15,17,18,19)/t12-,20?/m0/s1. The van der Waals surface area contributed by atoms with Gasteiger partial charge in [-0.3, -0.25) is 4.79 Å². The molecule has 0 fully saturated rings. The average Bonchev–Trinajstić information content (AvgIpc) is 2.37. The van der Waals surface area contributed by atoms with Crippen LogP contribution in [0, 0.1) is 12.5 Å². The summed E-state index contributed by atoms with van der Waals surface area (Å²) in [5, 5.41) is 5.61. The van der Waals surface area contributed by atoms with E-state index in [1.807, 2.05) is 13.8 Å². The Balaban J connectivity index is 3.09. The van der Waals surface area contributed by atoms with E-state index in [-0.39, 0.29) is 16.5 Å². The minimum Gasteiger partial charge on any atom is -0.320 e. The maximum Gasteiger partial charge on any atom is 0.271 e. The van der Waals surface area contributed by atoms with Gasteiger partial charge in [-0.15, -0.1) is 4.36 Å². The zero-order chi connectivity index (χ0) is 15.3. The molecule has 0 aliphatic carbocycles. The third-order valence-electron chi connectivity index (χ3n) is 2.55. The van der Waals surface area contributed by atoms with Crippen molar-refractivity contribution in [2.45, 2.75) is 31.2 Å². The second-order valence-corrected chi connectivity index (χ2v) is 6.63. The maximum atomic E-state index is 12.3. The van der Waals surface area contributed by atoms with E-state index in [2.05, 4.69) is 9.21 Å². The quantitative estimate of drug-likeness (QED) is 0.828. The highest BCUT2D eigenvalue weighted by Crippen LogP contribution is 2.18. The van der Waals surface area contributed by atoms with Crippen LogP contribution in [0.2, 0.25) is 0 Å². The molecule has 7 heteroatoms. The van der Waals surface area contributed by atoms with Crippen LogP contribution < -0.4 is 10.9 Å². The Morgan fingerprint density at radius 1 is 1.50 bits per heavy atom. The number of hydrogen-bond acceptors (Lipinski definition) is 3. The molecule has 0 heterocycles. The van der Waals surface area contributed by atoms with Gasteiger partial charge >= 0.3 is 0 Å². The Morgan fingerprint density at radius 2 is 2.15 bits per heavy atom. The van der Waals surface area contributed by atoms with Crippen molar-refractivity contribution in [3.63, 3.8) is 0 Å². The van der Waals surface area contributed by atoms with Gasteiger partial charge in [0.05, 0.1) is 17.5 Å². The number of amides is 1. The Morgan fingerprint density at radius 3 is 2.70 bits per heavy atom. The first-order chi connectivity index (χ1) is 9.26. The molecule has 6 nitrogen and oxygen atoms in total. The van der Waals surface area contributed by atoms with Gasteiger partial charge in [-0.1, -0.05) is 26.0 Å². The van der Waals surface area contributed by atoms with Gasteiger partial charge in [-0.2, -0.15) is 0 Å². The van der Waals surface area contributed by atoms with Crippen LogP contribution in [0.25, 0.3) is 4.85 Å². The van der Waals surface area contributed by atoms with Crippen LogP contribution in [-0.2, 0) is 14.7 Å². The predicted octanol–water partition coefficient (Wildman–Crippen LogP) is 1.84. The molecule has 1 aromatic carbocycles. The summed E-state index contributed by atoms with van der Waals surface area (Å²) in [6.45, 7) is 10.8. The second-order valence-electron chi connectivity index (χ2n) is 4.84. The maximum absolute atomic E-state index is 12.3. The number of hydrogen-bond donors (Lipinski definition) is 2.